The predicted molar refractivity (Wildman–Crippen MR) is 118 cm³/mol. The summed E-state index contributed by atoms with van der Waals surface area (Å²) in [6.45, 7) is 4.89. The smallest absolute Gasteiger partial charge is 0.254 e. The van der Waals surface area contributed by atoms with Gasteiger partial charge in [0.25, 0.3) is 17.7 Å². The van der Waals surface area contributed by atoms with Crippen molar-refractivity contribution in [2.24, 2.45) is 0 Å². The van der Waals surface area contributed by atoms with Gasteiger partial charge in [-0.3, -0.25) is 9.59 Å². The number of hydrogen-bond donors (Lipinski definition) is 0. The van der Waals surface area contributed by atoms with Crippen LogP contribution in [-0.4, -0.2) is 58.5 Å². The van der Waals surface area contributed by atoms with Crippen LogP contribution in [0.5, 0.6) is 5.75 Å². The molecule has 4 rings (SSSR count). The molecule has 2 aromatic carbocycles. The number of hydrogen-bond acceptors (Lipinski definition) is 6. The molecule has 8 nitrogen and oxygen atoms in total. The molecule has 0 saturated carbocycles. The Balaban J connectivity index is 1.65. The van der Waals surface area contributed by atoms with Crippen molar-refractivity contribution >= 4 is 11.8 Å². The summed E-state index contributed by atoms with van der Waals surface area (Å²) in [5.74, 6) is 1.30. The van der Waals surface area contributed by atoms with E-state index in [1.54, 1.807) is 48.1 Å². The lowest BCUT2D eigenvalue weighted by Crippen LogP contribution is -2.40. The van der Waals surface area contributed by atoms with Crippen molar-refractivity contribution in [2.45, 2.75) is 26.3 Å². The van der Waals surface area contributed by atoms with Crippen molar-refractivity contribution in [1.29, 1.82) is 0 Å². The maximum absolute atomic E-state index is 13.4. The van der Waals surface area contributed by atoms with Gasteiger partial charge in [-0.2, -0.15) is 4.98 Å². The molecule has 2 heterocycles. The van der Waals surface area contributed by atoms with E-state index in [4.69, 9.17) is 9.26 Å². The number of carbonyl (C=O) groups excluding carboxylic acids is 2. The predicted octanol–water partition coefficient (Wildman–Crippen LogP) is 3.42. The number of rotatable bonds is 4. The molecule has 1 aromatic heterocycles. The largest absolute Gasteiger partial charge is 0.497 e. The highest BCUT2D eigenvalue weighted by molar-refractivity contribution is 5.96. The molecule has 0 radical (unpaired) electrons. The third-order valence-corrected chi connectivity index (χ3v) is 5.66. The van der Waals surface area contributed by atoms with Crippen LogP contribution in [0, 0.1) is 13.8 Å². The molecule has 166 valence electrons. The molecule has 32 heavy (non-hydrogen) atoms. The van der Waals surface area contributed by atoms with E-state index in [1.165, 1.54) is 0 Å². The van der Waals surface area contributed by atoms with E-state index in [0.717, 1.165) is 5.56 Å². The van der Waals surface area contributed by atoms with Gasteiger partial charge in [0, 0.05) is 24.2 Å². The van der Waals surface area contributed by atoms with Crippen molar-refractivity contribution in [2.75, 3.05) is 26.7 Å². The van der Waals surface area contributed by atoms with Gasteiger partial charge in [-0.25, -0.2) is 0 Å². The number of benzene rings is 2. The molecule has 0 bridgehead atoms. The summed E-state index contributed by atoms with van der Waals surface area (Å²) in [6.07, 6.45) is 0.642. The van der Waals surface area contributed by atoms with Gasteiger partial charge in [0.1, 0.15) is 11.8 Å². The van der Waals surface area contributed by atoms with E-state index >= 15 is 0 Å². The standard InChI is InChI=1S/C24H26N4O4/c1-16-14-19(31-3)10-11-20(16)24(30)27-12-7-13-28(23(29)18-8-5-4-6-9-18)21(15-27)22-25-17(2)26-32-22/h4-6,8-11,14,21H,7,12-13,15H2,1-3H3. The molecular weight excluding hydrogens is 408 g/mol. The molecule has 3 aromatic rings. The Morgan fingerprint density at radius 2 is 1.84 bits per heavy atom. The minimum atomic E-state index is -0.533. The van der Waals surface area contributed by atoms with E-state index < -0.39 is 6.04 Å². The summed E-state index contributed by atoms with van der Waals surface area (Å²) >= 11 is 0. The summed E-state index contributed by atoms with van der Waals surface area (Å²) in [5, 5.41) is 3.91. The van der Waals surface area contributed by atoms with Crippen LogP contribution in [0.15, 0.2) is 53.1 Å². The fraction of sp³-hybridized carbons (Fsp3) is 0.333. The van der Waals surface area contributed by atoms with Gasteiger partial charge < -0.3 is 19.1 Å². The molecule has 0 spiro atoms. The zero-order valence-electron chi connectivity index (χ0n) is 18.4. The number of ether oxygens (including phenoxy) is 1. The Morgan fingerprint density at radius 3 is 2.50 bits per heavy atom. The van der Waals surface area contributed by atoms with Crippen LogP contribution in [0.25, 0.3) is 0 Å². The van der Waals surface area contributed by atoms with Gasteiger partial charge in [0.15, 0.2) is 5.82 Å². The van der Waals surface area contributed by atoms with Gasteiger partial charge in [0.05, 0.1) is 13.7 Å². The fourth-order valence-corrected chi connectivity index (χ4v) is 3.99. The Hall–Kier alpha value is -3.68. The lowest BCUT2D eigenvalue weighted by Gasteiger charge is -2.29. The zero-order chi connectivity index (χ0) is 22.7. The maximum atomic E-state index is 13.4. The normalized spacial score (nSPS) is 16.5. The first-order valence-corrected chi connectivity index (χ1v) is 10.6. The molecule has 1 unspecified atom stereocenters. The highest BCUT2D eigenvalue weighted by Gasteiger charge is 2.35. The minimum absolute atomic E-state index is 0.0969. The second kappa shape index (κ2) is 9.21. The van der Waals surface area contributed by atoms with E-state index in [0.29, 0.717) is 48.1 Å². The van der Waals surface area contributed by atoms with Gasteiger partial charge in [-0.1, -0.05) is 23.4 Å². The molecule has 1 fully saturated rings. The Labute approximate surface area is 186 Å². The van der Waals surface area contributed by atoms with Gasteiger partial charge in [0.2, 0.25) is 0 Å². The summed E-state index contributed by atoms with van der Waals surface area (Å²) in [4.78, 5) is 34.6. The summed E-state index contributed by atoms with van der Waals surface area (Å²) < 4.78 is 10.7. The van der Waals surface area contributed by atoms with Crippen LogP contribution in [0.2, 0.25) is 0 Å². The molecule has 1 aliphatic rings. The zero-order valence-corrected chi connectivity index (χ0v) is 18.4. The van der Waals surface area contributed by atoms with Crippen molar-refractivity contribution in [3.8, 4) is 5.75 Å². The molecule has 1 atom stereocenters. The van der Waals surface area contributed by atoms with E-state index in [9.17, 15) is 9.59 Å². The number of aromatic nitrogens is 2. The summed E-state index contributed by atoms with van der Waals surface area (Å²) in [7, 11) is 1.60. The topological polar surface area (TPSA) is 88.8 Å². The third-order valence-electron chi connectivity index (χ3n) is 5.66. The first-order valence-electron chi connectivity index (χ1n) is 10.6. The Morgan fingerprint density at radius 1 is 1.06 bits per heavy atom. The van der Waals surface area contributed by atoms with E-state index in [2.05, 4.69) is 10.1 Å². The maximum Gasteiger partial charge on any atom is 0.254 e. The average molecular weight is 434 g/mol. The van der Waals surface area contributed by atoms with Gasteiger partial charge in [-0.15, -0.1) is 0 Å². The molecule has 1 aliphatic heterocycles. The van der Waals surface area contributed by atoms with Crippen LogP contribution in [-0.2, 0) is 0 Å². The Bertz CT molecular complexity index is 1110. The van der Waals surface area contributed by atoms with Gasteiger partial charge in [-0.05, 0) is 56.2 Å². The van der Waals surface area contributed by atoms with E-state index in [1.807, 2.05) is 31.2 Å². The molecule has 0 aliphatic carbocycles. The SMILES string of the molecule is COc1ccc(C(=O)N2CCCN(C(=O)c3ccccc3)C(c3nc(C)no3)C2)c(C)c1. The summed E-state index contributed by atoms with van der Waals surface area (Å²) in [6, 6.07) is 14.0. The minimum Gasteiger partial charge on any atom is -0.497 e. The molecule has 2 amide bonds. The molecule has 1 saturated heterocycles. The van der Waals surface area contributed by atoms with Crippen molar-refractivity contribution < 1.29 is 18.8 Å². The summed E-state index contributed by atoms with van der Waals surface area (Å²) in [5.41, 5.74) is 2.02. The molecule has 8 heteroatoms. The van der Waals surface area contributed by atoms with Crippen molar-refractivity contribution in [3.05, 3.63) is 76.9 Å². The first-order chi connectivity index (χ1) is 15.5. The highest BCUT2D eigenvalue weighted by Crippen LogP contribution is 2.28. The van der Waals surface area contributed by atoms with Crippen molar-refractivity contribution in [3.63, 3.8) is 0 Å². The third kappa shape index (κ3) is 4.34. The van der Waals surface area contributed by atoms with Gasteiger partial charge >= 0.3 is 0 Å². The van der Waals surface area contributed by atoms with Crippen LogP contribution < -0.4 is 4.74 Å². The first kappa shape index (κ1) is 21.5. The van der Waals surface area contributed by atoms with Crippen LogP contribution >= 0.6 is 0 Å². The van der Waals surface area contributed by atoms with Crippen LogP contribution in [0.1, 0.15) is 50.5 Å². The highest BCUT2D eigenvalue weighted by atomic mass is 16.5. The lowest BCUT2D eigenvalue weighted by atomic mass is 10.1. The number of methoxy groups -OCH3 is 1. The quantitative estimate of drug-likeness (QED) is 0.625. The Kier molecular flexibility index (Phi) is 6.20. The average Bonchev–Trinajstić information content (AvgIpc) is 3.12. The van der Waals surface area contributed by atoms with Crippen LogP contribution in [0.4, 0.5) is 0 Å². The number of amides is 2. The molecule has 0 N–H and O–H groups in total. The van der Waals surface area contributed by atoms with Crippen molar-refractivity contribution in [1.82, 2.24) is 19.9 Å². The second-order valence-corrected chi connectivity index (χ2v) is 7.85. The second-order valence-electron chi connectivity index (χ2n) is 7.85. The number of carbonyl (C=O) groups is 2. The lowest BCUT2D eigenvalue weighted by molar-refractivity contribution is 0.0592. The van der Waals surface area contributed by atoms with E-state index in [-0.39, 0.29) is 18.4 Å². The number of aryl methyl sites for hydroxylation is 2. The monoisotopic (exact) mass is 434 g/mol. The van der Waals surface area contributed by atoms with Crippen LogP contribution in [0.3, 0.4) is 0 Å². The molecular formula is C24H26N4O4. The fourth-order valence-electron chi connectivity index (χ4n) is 3.99. The number of nitrogens with zero attached hydrogens (tertiary/aromatic N) is 4.